The summed E-state index contributed by atoms with van der Waals surface area (Å²) in [5.74, 6) is 0.316. The maximum atomic E-state index is 9.15. The summed E-state index contributed by atoms with van der Waals surface area (Å²) in [5.41, 5.74) is 1.24. The predicted octanol–water partition coefficient (Wildman–Crippen LogP) is 2.69. The summed E-state index contributed by atoms with van der Waals surface area (Å²) in [6.45, 7) is 2.07. The van der Waals surface area contributed by atoms with E-state index in [4.69, 9.17) is 14.0 Å². The van der Waals surface area contributed by atoms with Crippen LogP contribution in [0, 0.1) is 0 Å². The van der Waals surface area contributed by atoms with Gasteiger partial charge in [-0.1, -0.05) is 12.1 Å². The molecule has 16 heavy (non-hydrogen) atoms. The highest BCUT2D eigenvalue weighted by Gasteiger charge is 2.27. The number of benzene rings is 1. The molecule has 4 heteroatoms. The molecule has 0 saturated heterocycles. The first-order chi connectivity index (χ1) is 7.59. The molecule has 1 N–H and O–H groups in total. The van der Waals surface area contributed by atoms with Crippen molar-refractivity contribution < 1.29 is 14.0 Å². The van der Waals surface area contributed by atoms with Gasteiger partial charge in [-0.2, -0.15) is 0 Å². The largest absolute Gasteiger partial charge is 0.508 e. The van der Waals surface area contributed by atoms with Crippen molar-refractivity contribution in [2.45, 2.75) is 25.4 Å². The molecule has 0 heterocycles. The fourth-order valence-corrected chi connectivity index (χ4v) is 2.96. The second-order valence-electron chi connectivity index (χ2n) is 4.06. The minimum Gasteiger partial charge on any atom is -0.508 e. The van der Waals surface area contributed by atoms with E-state index >= 15 is 0 Å². The highest BCUT2D eigenvalue weighted by Crippen LogP contribution is 2.17. The van der Waals surface area contributed by atoms with E-state index in [1.165, 1.54) is 5.56 Å². The molecule has 0 fully saturated rings. The van der Waals surface area contributed by atoms with Gasteiger partial charge in [0.25, 0.3) is 0 Å². The Balaban J connectivity index is 2.38. The first kappa shape index (κ1) is 13.2. The fourth-order valence-electron chi connectivity index (χ4n) is 1.56. The van der Waals surface area contributed by atoms with Crippen LogP contribution in [0.3, 0.4) is 0 Å². The van der Waals surface area contributed by atoms with Gasteiger partial charge >= 0.3 is 8.56 Å². The standard InChI is InChI=1S/C12H20O3Si/c1-14-16(3,15-2)10-4-5-11-6-8-12(13)9-7-11/h6-9,13H,4-5,10H2,1-3H3. The minimum absolute atomic E-state index is 0.316. The molecule has 0 unspecified atom stereocenters. The number of phenolic OH excluding ortho intramolecular Hbond substituents is 1. The number of hydrogen-bond donors (Lipinski definition) is 1. The lowest BCUT2D eigenvalue weighted by Gasteiger charge is -2.22. The van der Waals surface area contributed by atoms with E-state index in [9.17, 15) is 0 Å². The summed E-state index contributed by atoms with van der Waals surface area (Å²) in [6, 6.07) is 8.33. The third-order valence-corrected chi connectivity index (χ3v) is 5.89. The quantitative estimate of drug-likeness (QED) is 0.777. The van der Waals surface area contributed by atoms with Crippen LogP contribution >= 0.6 is 0 Å². The Morgan fingerprint density at radius 1 is 1.12 bits per heavy atom. The van der Waals surface area contributed by atoms with Crippen molar-refractivity contribution in [1.29, 1.82) is 0 Å². The Hall–Kier alpha value is -0.843. The van der Waals surface area contributed by atoms with E-state index in [2.05, 4.69) is 6.55 Å². The van der Waals surface area contributed by atoms with Crippen molar-refractivity contribution in [3.05, 3.63) is 29.8 Å². The SMILES string of the molecule is CO[Si](C)(CCCc1ccc(O)cc1)OC. The minimum atomic E-state index is -1.91. The van der Waals surface area contributed by atoms with E-state index in [1.54, 1.807) is 26.4 Å². The Morgan fingerprint density at radius 2 is 1.69 bits per heavy atom. The molecule has 90 valence electrons. The molecular weight excluding hydrogens is 220 g/mol. The van der Waals surface area contributed by atoms with E-state index in [0.717, 1.165) is 18.9 Å². The lowest BCUT2D eigenvalue weighted by molar-refractivity contribution is 0.248. The lowest BCUT2D eigenvalue weighted by atomic mass is 10.1. The van der Waals surface area contributed by atoms with Crippen LogP contribution in [-0.2, 0) is 15.3 Å². The zero-order chi connectivity index (χ0) is 12.0. The summed E-state index contributed by atoms with van der Waals surface area (Å²) in [4.78, 5) is 0. The van der Waals surface area contributed by atoms with Gasteiger partial charge in [-0.25, -0.2) is 0 Å². The smallest absolute Gasteiger partial charge is 0.334 e. The molecule has 1 aromatic rings. The topological polar surface area (TPSA) is 38.7 Å². The Morgan fingerprint density at radius 3 is 2.19 bits per heavy atom. The Bertz CT molecular complexity index is 307. The van der Waals surface area contributed by atoms with Crippen LogP contribution in [0.4, 0.5) is 0 Å². The Labute approximate surface area is 98.3 Å². The second-order valence-corrected chi connectivity index (χ2v) is 7.65. The van der Waals surface area contributed by atoms with Gasteiger partial charge < -0.3 is 14.0 Å². The van der Waals surface area contributed by atoms with Crippen molar-refractivity contribution >= 4 is 8.56 Å². The number of aromatic hydroxyl groups is 1. The molecule has 1 rings (SSSR count). The maximum Gasteiger partial charge on any atom is 0.334 e. The molecule has 3 nitrogen and oxygen atoms in total. The zero-order valence-electron chi connectivity index (χ0n) is 10.2. The maximum absolute atomic E-state index is 9.15. The van der Waals surface area contributed by atoms with E-state index in [1.807, 2.05) is 12.1 Å². The summed E-state index contributed by atoms with van der Waals surface area (Å²) >= 11 is 0. The van der Waals surface area contributed by atoms with Gasteiger partial charge in [0.2, 0.25) is 0 Å². The molecule has 0 aliphatic heterocycles. The molecule has 0 saturated carbocycles. The molecule has 1 aromatic carbocycles. The molecule has 0 radical (unpaired) electrons. The van der Waals surface area contributed by atoms with Gasteiger partial charge in [0, 0.05) is 14.2 Å². The number of rotatable bonds is 6. The van der Waals surface area contributed by atoms with E-state index < -0.39 is 8.56 Å². The van der Waals surface area contributed by atoms with Gasteiger partial charge in [-0.15, -0.1) is 0 Å². The Kier molecular flexibility index (Phi) is 4.98. The lowest BCUT2D eigenvalue weighted by Crippen LogP contribution is -2.35. The number of aryl methyl sites for hydroxylation is 1. The summed E-state index contributed by atoms with van der Waals surface area (Å²) in [7, 11) is 1.53. The first-order valence-electron chi connectivity index (χ1n) is 5.48. The van der Waals surface area contributed by atoms with Gasteiger partial charge in [0.15, 0.2) is 0 Å². The number of hydrogen-bond acceptors (Lipinski definition) is 3. The number of phenols is 1. The third-order valence-electron chi connectivity index (χ3n) is 2.90. The second kappa shape index (κ2) is 6.03. The third kappa shape index (κ3) is 3.96. The molecule has 0 atom stereocenters. The van der Waals surface area contributed by atoms with Crippen molar-refractivity contribution in [2.24, 2.45) is 0 Å². The highest BCUT2D eigenvalue weighted by molar-refractivity contribution is 6.65. The summed E-state index contributed by atoms with van der Waals surface area (Å²) < 4.78 is 10.8. The van der Waals surface area contributed by atoms with Crippen LogP contribution < -0.4 is 0 Å². The van der Waals surface area contributed by atoms with Crippen LogP contribution in [0.5, 0.6) is 5.75 Å². The molecule has 0 amide bonds. The highest BCUT2D eigenvalue weighted by atomic mass is 28.4. The van der Waals surface area contributed by atoms with Crippen molar-refractivity contribution in [3.8, 4) is 5.75 Å². The monoisotopic (exact) mass is 240 g/mol. The molecule has 0 spiro atoms. The summed E-state index contributed by atoms with van der Waals surface area (Å²) in [5, 5.41) is 9.15. The normalized spacial score (nSPS) is 11.7. The van der Waals surface area contributed by atoms with E-state index in [0.29, 0.717) is 5.75 Å². The average molecular weight is 240 g/mol. The van der Waals surface area contributed by atoms with Crippen LogP contribution in [0.2, 0.25) is 12.6 Å². The molecular formula is C12H20O3Si. The van der Waals surface area contributed by atoms with Gasteiger partial charge in [0.05, 0.1) is 0 Å². The fraction of sp³-hybridized carbons (Fsp3) is 0.500. The van der Waals surface area contributed by atoms with Crippen molar-refractivity contribution in [3.63, 3.8) is 0 Å². The van der Waals surface area contributed by atoms with Gasteiger partial charge in [0.1, 0.15) is 5.75 Å². The zero-order valence-corrected chi connectivity index (χ0v) is 11.2. The van der Waals surface area contributed by atoms with Crippen molar-refractivity contribution in [1.82, 2.24) is 0 Å². The molecule has 0 aliphatic carbocycles. The average Bonchev–Trinajstić information content (AvgIpc) is 2.31. The molecule has 0 aliphatic rings. The van der Waals surface area contributed by atoms with Crippen LogP contribution in [0.15, 0.2) is 24.3 Å². The van der Waals surface area contributed by atoms with Crippen LogP contribution in [-0.4, -0.2) is 27.9 Å². The molecule has 0 bridgehead atoms. The van der Waals surface area contributed by atoms with Gasteiger partial charge in [-0.05, 0) is 43.1 Å². The molecule has 0 aromatic heterocycles. The summed E-state index contributed by atoms with van der Waals surface area (Å²) in [6.07, 6.45) is 2.05. The first-order valence-corrected chi connectivity index (χ1v) is 8.00. The predicted molar refractivity (Wildman–Crippen MR) is 66.9 cm³/mol. The van der Waals surface area contributed by atoms with Crippen molar-refractivity contribution in [2.75, 3.05) is 14.2 Å². The van der Waals surface area contributed by atoms with E-state index in [-0.39, 0.29) is 0 Å². The van der Waals surface area contributed by atoms with Crippen LogP contribution in [0.1, 0.15) is 12.0 Å². The van der Waals surface area contributed by atoms with Gasteiger partial charge in [-0.3, -0.25) is 0 Å². The van der Waals surface area contributed by atoms with Crippen LogP contribution in [0.25, 0.3) is 0 Å².